The van der Waals surface area contributed by atoms with E-state index in [0.717, 1.165) is 24.3 Å². The van der Waals surface area contributed by atoms with E-state index in [1.807, 2.05) is 4.90 Å². The zero-order chi connectivity index (χ0) is 22.6. The van der Waals surface area contributed by atoms with Crippen molar-refractivity contribution in [3.05, 3.63) is 48.3 Å². The molecule has 0 amide bonds. The van der Waals surface area contributed by atoms with Gasteiger partial charge < -0.3 is 9.64 Å². The molecule has 0 aromatic heterocycles. The van der Waals surface area contributed by atoms with Crippen molar-refractivity contribution < 1.29 is 26.0 Å². The molecule has 0 radical (unpaired) electrons. The number of halogens is 1. The van der Waals surface area contributed by atoms with Crippen molar-refractivity contribution in [2.24, 2.45) is 0 Å². The highest BCUT2D eigenvalue weighted by molar-refractivity contribution is 7.92. The minimum Gasteiger partial charge on any atom is -0.378 e. The van der Waals surface area contributed by atoms with Gasteiger partial charge in [-0.1, -0.05) is 13.8 Å². The first-order chi connectivity index (χ1) is 14.7. The average Bonchev–Trinajstić information content (AvgIpc) is 2.75. The van der Waals surface area contributed by atoms with Crippen molar-refractivity contribution in [1.82, 2.24) is 4.31 Å². The summed E-state index contributed by atoms with van der Waals surface area (Å²) in [5.74, 6) is -0.555. The van der Waals surface area contributed by atoms with Crippen molar-refractivity contribution in [2.45, 2.75) is 23.6 Å². The second-order valence-corrected chi connectivity index (χ2v) is 10.5. The first-order valence-electron chi connectivity index (χ1n) is 9.94. The Morgan fingerprint density at radius 2 is 1.55 bits per heavy atom. The summed E-state index contributed by atoms with van der Waals surface area (Å²) in [6, 6.07) is 8.83. The number of benzene rings is 2. The van der Waals surface area contributed by atoms with E-state index in [1.165, 1.54) is 16.4 Å². The molecule has 0 aliphatic carbocycles. The highest BCUT2D eigenvalue weighted by atomic mass is 32.2. The van der Waals surface area contributed by atoms with Gasteiger partial charge in [-0.15, -0.1) is 0 Å². The molecule has 1 aliphatic heterocycles. The number of sulfonamides is 2. The summed E-state index contributed by atoms with van der Waals surface area (Å²) in [4.78, 5) is 1.80. The number of nitrogens with zero attached hydrogens (tertiary/aromatic N) is 2. The normalized spacial score (nSPS) is 15.3. The van der Waals surface area contributed by atoms with Crippen LogP contribution in [0.4, 0.5) is 15.8 Å². The Kier molecular flexibility index (Phi) is 7.20. The van der Waals surface area contributed by atoms with Gasteiger partial charge in [0, 0.05) is 26.2 Å². The molecule has 31 heavy (non-hydrogen) atoms. The topological polar surface area (TPSA) is 96.0 Å². The Morgan fingerprint density at radius 3 is 2.13 bits per heavy atom. The van der Waals surface area contributed by atoms with E-state index in [-0.39, 0.29) is 15.5 Å². The van der Waals surface area contributed by atoms with Crippen LogP contribution in [-0.2, 0) is 24.8 Å². The van der Waals surface area contributed by atoms with Crippen molar-refractivity contribution >= 4 is 31.4 Å². The summed E-state index contributed by atoms with van der Waals surface area (Å²) in [6.07, 6.45) is 0. The molecule has 0 saturated carbocycles. The maximum Gasteiger partial charge on any atom is 0.261 e. The SMILES string of the molecule is CCN(CC)S(=O)(=O)c1ccc(N2CCOCC2)c(NS(=O)(=O)c2ccc(F)cc2)c1. The van der Waals surface area contributed by atoms with Gasteiger partial charge in [-0.2, -0.15) is 4.31 Å². The highest BCUT2D eigenvalue weighted by Crippen LogP contribution is 2.32. The molecule has 3 rings (SSSR count). The molecular weight excluding hydrogens is 445 g/mol. The Labute approximate surface area is 182 Å². The molecule has 1 saturated heterocycles. The Hall–Kier alpha value is -2.21. The van der Waals surface area contributed by atoms with Gasteiger partial charge in [0.15, 0.2) is 0 Å². The van der Waals surface area contributed by atoms with Crippen LogP contribution in [0, 0.1) is 5.82 Å². The largest absolute Gasteiger partial charge is 0.378 e. The summed E-state index contributed by atoms with van der Waals surface area (Å²) in [5.41, 5.74) is 0.687. The maximum atomic E-state index is 13.2. The summed E-state index contributed by atoms with van der Waals surface area (Å²) < 4.78 is 74.2. The second kappa shape index (κ2) is 9.51. The van der Waals surface area contributed by atoms with Crippen LogP contribution in [0.1, 0.15) is 13.8 Å². The van der Waals surface area contributed by atoms with Crippen LogP contribution in [-0.4, -0.2) is 60.5 Å². The van der Waals surface area contributed by atoms with Gasteiger partial charge in [0.1, 0.15) is 5.82 Å². The van der Waals surface area contributed by atoms with Crippen LogP contribution >= 0.6 is 0 Å². The predicted octanol–water partition coefficient (Wildman–Crippen LogP) is 2.49. The van der Waals surface area contributed by atoms with E-state index in [0.29, 0.717) is 45.1 Å². The molecule has 1 fully saturated rings. The van der Waals surface area contributed by atoms with Crippen LogP contribution in [0.25, 0.3) is 0 Å². The number of anilines is 2. The second-order valence-electron chi connectivity index (χ2n) is 6.93. The minimum absolute atomic E-state index is 0.00924. The van der Waals surface area contributed by atoms with E-state index in [2.05, 4.69) is 4.72 Å². The van der Waals surface area contributed by atoms with Crippen LogP contribution in [0.15, 0.2) is 52.3 Å². The third kappa shape index (κ3) is 5.17. The van der Waals surface area contributed by atoms with Crippen molar-refractivity contribution in [2.75, 3.05) is 49.0 Å². The molecule has 0 bridgehead atoms. The molecule has 8 nitrogen and oxygen atoms in total. The van der Waals surface area contributed by atoms with E-state index < -0.39 is 25.9 Å². The summed E-state index contributed by atoms with van der Waals surface area (Å²) >= 11 is 0. The fraction of sp³-hybridized carbons (Fsp3) is 0.400. The van der Waals surface area contributed by atoms with E-state index in [4.69, 9.17) is 4.74 Å². The maximum absolute atomic E-state index is 13.2. The first-order valence-corrected chi connectivity index (χ1v) is 12.9. The van der Waals surface area contributed by atoms with Crippen LogP contribution in [0.2, 0.25) is 0 Å². The van der Waals surface area contributed by atoms with E-state index in [1.54, 1.807) is 19.9 Å². The molecule has 11 heteroatoms. The van der Waals surface area contributed by atoms with Crippen LogP contribution in [0.3, 0.4) is 0 Å². The number of ether oxygens (including phenoxy) is 1. The molecule has 0 spiro atoms. The molecule has 0 atom stereocenters. The van der Waals surface area contributed by atoms with Gasteiger partial charge in [-0.05, 0) is 42.5 Å². The Bertz CT molecular complexity index is 1110. The summed E-state index contributed by atoms with van der Waals surface area (Å²) in [6.45, 7) is 6.08. The fourth-order valence-electron chi connectivity index (χ4n) is 3.37. The van der Waals surface area contributed by atoms with Crippen molar-refractivity contribution in [3.63, 3.8) is 0 Å². The highest BCUT2D eigenvalue weighted by Gasteiger charge is 2.26. The third-order valence-electron chi connectivity index (χ3n) is 5.03. The first kappa shape index (κ1) is 23.5. The van der Waals surface area contributed by atoms with Crippen molar-refractivity contribution in [1.29, 1.82) is 0 Å². The monoisotopic (exact) mass is 471 g/mol. The summed E-state index contributed by atoms with van der Waals surface area (Å²) in [7, 11) is -7.86. The zero-order valence-electron chi connectivity index (χ0n) is 17.4. The van der Waals surface area contributed by atoms with Crippen LogP contribution < -0.4 is 9.62 Å². The summed E-state index contributed by atoms with van der Waals surface area (Å²) in [5, 5.41) is 0. The Morgan fingerprint density at radius 1 is 0.968 bits per heavy atom. The van der Waals surface area contributed by atoms with E-state index >= 15 is 0 Å². The molecule has 0 unspecified atom stereocenters. The lowest BCUT2D eigenvalue weighted by Crippen LogP contribution is -2.37. The van der Waals surface area contributed by atoms with Gasteiger partial charge in [0.25, 0.3) is 10.0 Å². The lowest BCUT2D eigenvalue weighted by atomic mass is 10.2. The molecule has 2 aromatic carbocycles. The molecule has 1 heterocycles. The molecule has 1 aliphatic rings. The third-order valence-corrected chi connectivity index (χ3v) is 8.46. The average molecular weight is 472 g/mol. The minimum atomic E-state index is -4.07. The number of hydrogen-bond donors (Lipinski definition) is 1. The predicted molar refractivity (Wildman–Crippen MR) is 117 cm³/mol. The van der Waals surface area contributed by atoms with Gasteiger partial charge in [-0.3, -0.25) is 4.72 Å². The van der Waals surface area contributed by atoms with E-state index in [9.17, 15) is 21.2 Å². The molecule has 170 valence electrons. The lowest BCUT2D eigenvalue weighted by Gasteiger charge is -2.31. The quantitative estimate of drug-likeness (QED) is 0.636. The zero-order valence-corrected chi connectivity index (χ0v) is 19.0. The Balaban J connectivity index is 2.06. The molecule has 1 N–H and O–H groups in total. The van der Waals surface area contributed by atoms with Crippen molar-refractivity contribution in [3.8, 4) is 0 Å². The number of rotatable bonds is 8. The van der Waals surface area contributed by atoms with Gasteiger partial charge in [0.05, 0.1) is 34.4 Å². The number of morpholine rings is 1. The standard InChI is InChI=1S/C20H26FN3O5S2/c1-3-24(4-2)31(27,28)18-9-10-20(23-11-13-29-14-12-23)19(15-18)22-30(25,26)17-7-5-16(21)6-8-17/h5-10,15,22H,3-4,11-14H2,1-2H3. The molecule has 2 aromatic rings. The van der Waals surface area contributed by atoms with Gasteiger partial charge in [0.2, 0.25) is 10.0 Å². The van der Waals surface area contributed by atoms with Gasteiger partial charge in [-0.25, -0.2) is 21.2 Å². The number of hydrogen-bond acceptors (Lipinski definition) is 6. The fourth-order valence-corrected chi connectivity index (χ4v) is 5.92. The van der Waals surface area contributed by atoms with Gasteiger partial charge >= 0.3 is 0 Å². The van der Waals surface area contributed by atoms with Crippen LogP contribution in [0.5, 0.6) is 0 Å². The molecular formula is C20H26FN3O5S2. The number of nitrogens with one attached hydrogen (secondary N) is 1. The smallest absolute Gasteiger partial charge is 0.261 e. The lowest BCUT2D eigenvalue weighted by molar-refractivity contribution is 0.123.